The summed E-state index contributed by atoms with van der Waals surface area (Å²) in [6.07, 6.45) is 6.83. The van der Waals surface area contributed by atoms with Crippen LogP contribution >= 0.6 is 0 Å². The van der Waals surface area contributed by atoms with Gasteiger partial charge in [-0.2, -0.15) is 10.1 Å². The highest BCUT2D eigenvalue weighted by molar-refractivity contribution is 6.06. The highest BCUT2D eigenvalue weighted by Gasteiger charge is 2.56. The van der Waals surface area contributed by atoms with Gasteiger partial charge in [0, 0.05) is 12.1 Å². The molecule has 0 unspecified atom stereocenters. The molecule has 8 heteroatoms. The summed E-state index contributed by atoms with van der Waals surface area (Å²) in [6.45, 7) is 0. The number of nitrogens with zero attached hydrogens (tertiary/aromatic N) is 3. The molecule has 4 atom stereocenters. The Kier molecular flexibility index (Phi) is 3.41. The number of fused-ring (bicyclic) bond motifs is 1. The van der Waals surface area contributed by atoms with Crippen molar-refractivity contribution in [2.24, 2.45) is 28.8 Å². The maximum atomic E-state index is 12.6. The van der Waals surface area contributed by atoms with Crippen molar-refractivity contribution < 1.29 is 19.6 Å². The summed E-state index contributed by atoms with van der Waals surface area (Å²) in [5, 5.41) is 27.3. The van der Waals surface area contributed by atoms with E-state index >= 15 is 0 Å². The van der Waals surface area contributed by atoms with Gasteiger partial charge >= 0.3 is 0 Å². The average molecular weight is 340 g/mol. The summed E-state index contributed by atoms with van der Waals surface area (Å²) in [4.78, 5) is 35.4. The second-order valence-electron chi connectivity index (χ2n) is 6.55. The van der Waals surface area contributed by atoms with Gasteiger partial charge in [-0.1, -0.05) is 24.0 Å². The smallest absolute Gasteiger partial charge is 0.270 e. The SMILES string of the molecule is O=C1[C@@H]2[C@@H](C(=O)N1/N=C\c1cc([N+](=O)[O-])ccc1[O-])[C@H]1C=C[C@@H]2CC1. The number of hydrogen-bond donors (Lipinski definition) is 0. The minimum Gasteiger partial charge on any atom is -0.872 e. The first kappa shape index (κ1) is 15.5. The monoisotopic (exact) mass is 340 g/mol. The average Bonchev–Trinajstić information content (AvgIpc) is 2.88. The van der Waals surface area contributed by atoms with Gasteiger partial charge in [0.15, 0.2) is 0 Å². The molecule has 0 aromatic heterocycles. The van der Waals surface area contributed by atoms with Crippen LogP contribution in [0.2, 0.25) is 0 Å². The molecule has 128 valence electrons. The molecule has 1 heterocycles. The van der Waals surface area contributed by atoms with Gasteiger partial charge in [-0.3, -0.25) is 19.7 Å². The van der Waals surface area contributed by atoms with Gasteiger partial charge in [0.2, 0.25) is 0 Å². The Hall–Kier alpha value is -3.03. The number of rotatable bonds is 3. The van der Waals surface area contributed by atoms with Crippen LogP contribution in [-0.4, -0.2) is 28.0 Å². The molecule has 3 aliphatic carbocycles. The van der Waals surface area contributed by atoms with Crippen molar-refractivity contribution in [3.63, 3.8) is 0 Å². The first-order valence-corrected chi connectivity index (χ1v) is 8.03. The van der Waals surface area contributed by atoms with Crippen molar-refractivity contribution in [2.45, 2.75) is 12.8 Å². The molecule has 4 aliphatic rings. The van der Waals surface area contributed by atoms with Crippen LogP contribution in [-0.2, 0) is 9.59 Å². The molecule has 25 heavy (non-hydrogen) atoms. The van der Waals surface area contributed by atoms with Gasteiger partial charge in [0.1, 0.15) is 0 Å². The van der Waals surface area contributed by atoms with Crippen LogP contribution in [0.4, 0.5) is 5.69 Å². The van der Waals surface area contributed by atoms with E-state index < -0.39 is 10.7 Å². The van der Waals surface area contributed by atoms with Crippen molar-refractivity contribution >= 4 is 23.7 Å². The van der Waals surface area contributed by atoms with E-state index in [0.29, 0.717) is 0 Å². The van der Waals surface area contributed by atoms with Crippen molar-refractivity contribution in [1.29, 1.82) is 0 Å². The Morgan fingerprint density at radius 2 is 1.72 bits per heavy atom. The number of imide groups is 1. The number of benzene rings is 1. The summed E-state index contributed by atoms with van der Waals surface area (Å²) in [7, 11) is 0. The number of allylic oxidation sites excluding steroid dienone is 2. The topological polar surface area (TPSA) is 116 Å². The van der Waals surface area contributed by atoms with E-state index in [1.165, 1.54) is 0 Å². The predicted octanol–water partition coefficient (Wildman–Crippen LogP) is 1.20. The summed E-state index contributed by atoms with van der Waals surface area (Å²) in [5.74, 6) is -1.84. The van der Waals surface area contributed by atoms with E-state index in [0.717, 1.165) is 42.3 Å². The Balaban J connectivity index is 1.63. The van der Waals surface area contributed by atoms with Crippen molar-refractivity contribution in [2.75, 3.05) is 0 Å². The minimum absolute atomic E-state index is 0.0363. The Labute approximate surface area is 142 Å². The third-order valence-electron chi connectivity index (χ3n) is 5.25. The number of carbonyl (C=O) groups is 2. The Bertz CT molecular complexity index is 815. The van der Waals surface area contributed by atoms with E-state index in [2.05, 4.69) is 5.10 Å². The van der Waals surface area contributed by atoms with Crippen LogP contribution in [0.15, 0.2) is 35.5 Å². The van der Waals surface area contributed by atoms with Crippen LogP contribution in [0.3, 0.4) is 0 Å². The van der Waals surface area contributed by atoms with E-state index in [1.54, 1.807) is 0 Å². The number of nitro groups is 1. The molecule has 5 rings (SSSR count). The van der Waals surface area contributed by atoms with Crippen molar-refractivity contribution in [1.82, 2.24) is 5.01 Å². The molecule has 1 saturated heterocycles. The lowest BCUT2D eigenvalue weighted by atomic mass is 9.63. The lowest BCUT2D eigenvalue weighted by molar-refractivity contribution is -0.385. The molecule has 0 spiro atoms. The number of non-ortho nitro benzene ring substituents is 1. The highest BCUT2D eigenvalue weighted by atomic mass is 16.6. The van der Waals surface area contributed by atoms with Gasteiger partial charge in [0.05, 0.1) is 23.0 Å². The van der Waals surface area contributed by atoms with Crippen LogP contribution in [0.25, 0.3) is 0 Å². The number of hydrogen-bond acceptors (Lipinski definition) is 6. The highest BCUT2D eigenvalue weighted by Crippen LogP contribution is 2.49. The molecule has 0 radical (unpaired) electrons. The Morgan fingerprint density at radius 3 is 2.24 bits per heavy atom. The van der Waals surface area contributed by atoms with E-state index in [9.17, 15) is 24.8 Å². The lowest BCUT2D eigenvalue weighted by Crippen LogP contribution is -2.38. The normalized spacial score (nSPS) is 30.3. The largest absolute Gasteiger partial charge is 0.872 e. The first-order valence-electron chi connectivity index (χ1n) is 8.03. The molecule has 8 nitrogen and oxygen atoms in total. The molecule has 1 aromatic rings. The van der Waals surface area contributed by atoms with Crippen molar-refractivity contribution in [3.05, 3.63) is 46.0 Å². The van der Waals surface area contributed by atoms with Crippen LogP contribution in [0, 0.1) is 33.8 Å². The molecule has 2 fully saturated rings. The fourth-order valence-corrected chi connectivity index (χ4v) is 4.04. The molecule has 1 aromatic carbocycles. The number of hydrazone groups is 1. The second kappa shape index (κ2) is 5.51. The molecule has 0 N–H and O–H groups in total. The van der Waals surface area contributed by atoms with Gasteiger partial charge in [-0.15, -0.1) is 0 Å². The van der Waals surface area contributed by atoms with E-state index in [-0.39, 0.29) is 46.7 Å². The van der Waals surface area contributed by atoms with Gasteiger partial charge < -0.3 is 5.11 Å². The quantitative estimate of drug-likeness (QED) is 0.269. The standard InChI is InChI=1S/C17H15N3O5/c21-13-6-5-12(20(24)25)7-11(13)8-18-19-16(22)14-9-1-2-10(4-3-9)15(14)17(19)23/h1-2,5-10,14-15,21H,3-4H2/p-1/b18-8-/t9-,10+,14-,15-/m0/s1. The van der Waals surface area contributed by atoms with Crippen LogP contribution in [0.5, 0.6) is 5.75 Å². The lowest BCUT2D eigenvalue weighted by Gasteiger charge is -2.37. The third-order valence-corrected chi connectivity index (χ3v) is 5.25. The minimum atomic E-state index is -0.624. The molecule has 1 saturated carbocycles. The number of carbonyl (C=O) groups excluding carboxylic acids is 2. The van der Waals surface area contributed by atoms with Crippen molar-refractivity contribution in [3.8, 4) is 5.75 Å². The van der Waals surface area contributed by atoms with E-state index in [4.69, 9.17) is 0 Å². The second-order valence-corrected chi connectivity index (χ2v) is 6.55. The van der Waals surface area contributed by atoms with Crippen LogP contribution in [0.1, 0.15) is 18.4 Å². The summed E-state index contributed by atoms with van der Waals surface area (Å²) in [5.41, 5.74) is -0.290. The molecule has 2 amide bonds. The zero-order valence-corrected chi connectivity index (χ0v) is 13.1. The fraction of sp³-hybridized carbons (Fsp3) is 0.353. The zero-order valence-electron chi connectivity index (χ0n) is 13.1. The van der Waals surface area contributed by atoms with E-state index in [1.807, 2.05) is 12.2 Å². The maximum absolute atomic E-state index is 12.6. The molecule has 2 bridgehead atoms. The first-order chi connectivity index (χ1) is 12.0. The summed E-state index contributed by atoms with van der Waals surface area (Å²) < 4.78 is 0. The van der Waals surface area contributed by atoms with Gasteiger partial charge in [-0.25, -0.2) is 0 Å². The summed E-state index contributed by atoms with van der Waals surface area (Å²) in [6, 6.07) is 3.25. The van der Waals surface area contributed by atoms with Gasteiger partial charge in [0.25, 0.3) is 17.5 Å². The van der Waals surface area contributed by atoms with Crippen LogP contribution < -0.4 is 5.11 Å². The zero-order chi connectivity index (χ0) is 17.7. The number of amides is 2. The Morgan fingerprint density at radius 1 is 1.12 bits per heavy atom. The maximum Gasteiger partial charge on any atom is 0.270 e. The molecule has 1 aliphatic heterocycles. The molecular weight excluding hydrogens is 326 g/mol. The number of nitro benzene ring substituents is 1. The fourth-order valence-electron chi connectivity index (χ4n) is 4.04. The summed E-state index contributed by atoms with van der Waals surface area (Å²) >= 11 is 0. The molecular formula is C17H14N3O5-. The van der Waals surface area contributed by atoms with Gasteiger partial charge in [-0.05, 0) is 30.2 Å². The third kappa shape index (κ3) is 2.33. The predicted molar refractivity (Wildman–Crippen MR) is 84.3 cm³/mol.